The van der Waals surface area contributed by atoms with E-state index in [-0.39, 0.29) is 5.56 Å². The summed E-state index contributed by atoms with van der Waals surface area (Å²) < 4.78 is 37.7. The number of amides is 2. The fraction of sp³-hybridized carbons (Fsp3) is 0.579. The van der Waals surface area contributed by atoms with Gasteiger partial charge in [0.05, 0.1) is 5.56 Å². The number of rotatable bonds is 11. The van der Waals surface area contributed by atoms with E-state index in [9.17, 15) is 27.9 Å². The van der Waals surface area contributed by atoms with E-state index in [2.05, 4.69) is 12.2 Å². The van der Waals surface area contributed by atoms with Crippen molar-refractivity contribution in [1.29, 1.82) is 0 Å². The van der Waals surface area contributed by atoms with Gasteiger partial charge in [-0.25, -0.2) is 0 Å². The molecule has 0 aliphatic carbocycles. The van der Waals surface area contributed by atoms with Gasteiger partial charge in [-0.1, -0.05) is 57.6 Å². The zero-order chi connectivity index (χ0) is 20.4. The molecule has 0 unspecified atom stereocenters. The van der Waals surface area contributed by atoms with Crippen LogP contribution in [-0.2, 0) is 15.8 Å². The van der Waals surface area contributed by atoms with Gasteiger partial charge in [0.2, 0.25) is 5.91 Å². The molecule has 0 radical (unpaired) electrons. The summed E-state index contributed by atoms with van der Waals surface area (Å²) in [6.07, 6.45) is 0.190. The number of nitrogens with two attached hydrogens (primary N) is 1. The number of unbranched alkanes of at least 4 members (excludes halogenated alkanes) is 5. The van der Waals surface area contributed by atoms with E-state index in [0.29, 0.717) is 12.8 Å². The van der Waals surface area contributed by atoms with E-state index in [4.69, 9.17) is 5.73 Å². The van der Waals surface area contributed by atoms with Gasteiger partial charge >= 0.3 is 6.18 Å². The van der Waals surface area contributed by atoms with Crippen LogP contribution in [0, 0.1) is 0 Å². The van der Waals surface area contributed by atoms with Gasteiger partial charge in [-0.3, -0.25) is 9.59 Å². The van der Waals surface area contributed by atoms with Gasteiger partial charge in [-0.05, 0) is 24.1 Å². The lowest BCUT2D eigenvalue weighted by atomic mass is 10.0. The normalized spacial score (nSPS) is 13.8. The summed E-state index contributed by atoms with van der Waals surface area (Å²) in [6, 6.07) is 2.70. The number of carbonyl (C=O) groups is 2. The second kappa shape index (κ2) is 10.9. The van der Waals surface area contributed by atoms with Crippen LogP contribution in [0.1, 0.15) is 69.1 Å². The van der Waals surface area contributed by atoms with Crippen molar-refractivity contribution in [2.45, 2.75) is 70.2 Å². The molecule has 0 saturated heterocycles. The van der Waals surface area contributed by atoms with Gasteiger partial charge in [-0.15, -0.1) is 0 Å². The Labute approximate surface area is 157 Å². The average molecular weight is 388 g/mol. The van der Waals surface area contributed by atoms with Crippen LogP contribution in [0.5, 0.6) is 0 Å². The highest BCUT2D eigenvalue weighted by molar-refractivity contribution is 5.88. The van der Waals surface area contributed by atoms with Crippen LogP contribution in [-0.4, -0.2) is 23.0 Å². The first-order valence-corrected chi connectivity index (χ1v) is 9.11. The maximum Gasteiger partial charge on any atom is 0.416 e. The minimum Gasteiger partial charge on any atom is -0.378 e. The molecular formula is C19H27F3N2O3. The van der Waals surface area contributed by atoms with Crippen molar-refractivity contribution in [1.82, 2.24) is 5.32 Å². The van der Waals surface area contributed by atoms with Crippen LogP contribution in [0.3, 0.4) is 0 Å². The van der Waals surface area contributed by atoms with E-state index in [1.54, 1.807) is 0 Å². The molecule has 0 heterocycles. The van der Waals surface area contributed by atoms with Gasteiger partial charge in [0.1, 0.15) is 6.04 Å². The summed E-state index contributed by atoms with van der Waals surface area (Å²) in [5.74, 6) is -1.58. The van der Waals surface area contributed by atoms with Crippen LogP contribution in [0.25, 0.3) is 0 Å². The summed E-state index contributed by atoms with van der Waals surface area (Å²) >= 11 is 0. The Balaban J connectivity index is 2.58. The van der Waals surface area contributed by atoms with Gasteiger partial charge < -0.3 is 16.2 Å². The number of halogens is 3. The zero-order valence-corrected chi connectivity index (χ0v) is 15.4. The van der Waals surface area contributed by atoms with E-state index >= 15 is 0 Å². The minimum atomic E-state index is -4.50. The number of carbonyl (C=O) groups excluding carboxylic acids is 2. The molecule has 0 aliphatic heterocycles. The monoisotopic (exact) mass is 388 g/mol. The Bertz CT molecular complexity index is 603. The molecule has 2 amide bonds. The first kappa shape index (κ1) is 23.0. The van der Waals surface area contributed by atoms with Crippen molar-refractivity contribution < 1.29 is 27.9 Å². The molecule has 0 saturated carbocycles. The summed E-state index contributed by atoms with van der Waals surface area (Å²) in [6.45, 7) is 2.11. The minimum absolute atomic E-state index is 0.00304. The van der Waals surface area contributed by atoms with Gasteiger partial charge in [0, 0.05) is 0 Å². The third-order valence-electron chi connectivity index (χ3n) is 4.31. The standard InChI is InChI=1S/C19H27F3N2O3/c1-2-3-4-5-6-7-8-15(17(23)26)24-18(27)16(25)13-9-11-14(12-10-13)19(20,21)22/h9-12,15-16,25H,2-8H2,1H3,(H2,23,26)(H,24,27)/t15-,16+/m0/s1. The third kappa shape index (κ3) is 7.99. The molecule has 0 aromatic heterocycles. The maximum absolute atomic E-state index is 12.6. The lowest BCUT2D eigenvalue weighted by Gasteiger charge is -2.18. The number of nitrogens with one attached hydrogen (secondary N) is 1. The van der Waals surface area contributed by atoms with Gasteiger partial charge in [0.25, 0.3) is 5.91 Å². The molecule has 1 aromatic carbocycles. The Morgan fingerprint density at radius 3 is 2.15 bits per heavy atom. The van der Waals surface area contributed by atoms with E-state index in [1.165, 1.54) is 0 Å². The topological polar surface area (TPSA) is 92.4 Å². The fourth-order valence-electron chi connectivity index (χ4n) is 2.67. The first-order valence-electron chi connectivity index (χ1n) is 9.11. The fourth-order valence-corrected chi connectivity index (χ4v) is 2.67. The quantitative estimate of drug-likeness (QED) is 0.507. The highest BCUT2D eigenvalue weighted by atomic mass is 19.4. The van der Waals surface area contributed by atoms with E-state index in [0.717, 1.165) is 56.4 Å². The van der Waals surface area contributed by atoms with Crippen molar-refractivity contribution in [3.63, 3.8) is 0 Å². The molecule has 0 bridgehead atoms. The Morgan fingerprint density at radius 2 is 1.63 bits per heavy atom. The first-order chi connectivity index (χ1) is 12.7. The van der Waals surface area contributed by atoms with Crippen molar-refractivity contribution in [3.8, 4) is 0 Å². The molecule has 0 aliphatic rings. The number of alkyl halides is 3. The summed E-state index contributed by atoms with van der Waals surface area (Å²) in [5.41, 5.74) is 4.42. The average Bonchev–Trinajstić information content (AvgIpc) is 2.62. The number of primary amides is 1. The lowest BCUT2D eigenvalue weighted by molar-refractivity contribution is -0.137. The van der Waals surface area contributed by atoms with Crippen LogP contribution < -0.4 is 11.1 Å². The van der Waals surface area contributed by atoms with Crippen molar-refractivity contribution in [2.24, 2.45) is 5.73 Å². The summed E-state index contributed by atoms with van der Waals surface area (Å²) in [7, 11) is 0. The van der Waals surface area contributed by atoms with E-state index in [1.807, 2.05) is 0 Å². The summed E-state index contributed by atoms with van der Waals surface area (Å²) in [5, 5.41) is 12.4. The Morgan fingerprint density at radius 1 is 1.07 bits per heavy atom. The molecule has 1 aromatic rings. The Hall–Kier alpha value is -2.09. The molecule has 152 valence electrons. The molecule has 27 heavy (non-hydrogen) atoms. The molecule has 4 N–H and O–H groups in total. The third-order valence-corrected chi connectivity index (χ3v) is 4.31. The molecule has 0 spiro atoms. The number of hydrogen-bond acceptors (Lipinski definition) is 3. The largest absolute Gasteiger partial charge is 0.416 e. The van der Waals surface area contributed by atoms with Crippen molar-refractivity contribution in [2.75, 3.05) is 0 Å². The zero-order valence-electron chi connectivity index (χ0n) is 15.4. The van der Waals surface area contributed by atoms with Crippen LogP contribution in [0.15, 0.2) is 24.3 Å². The Kier molecular flexibility index (Phi) is 9.28. The molecule has 5 nitrogen and oxygen atoms in total. The van der Waals surface area contributed by atoms with Crippen molar-refractivity contribution >= 4 is 11.8 Å². The molecular weight excluding hydrogens is 361 g/mol. The highest BCUT2D eigenvalue weighted by Gasteiger charge is 2.31. The maximum atomic E-state index is 12.6. The number of hydrogen-bond donors (Lipinski definition) is 3. The number of aliphatic hydroxyl groups excluding tert-OH is 1. The highest BCUT2D eigenvalue weighted by Crippen LogP contribution is 2.30. The summed E-state index contributed by atoms with van der Waals surface area (Å²) in [4.78, 5) is 23.6. The number of benzene rings is 1. The molecule has 8 heteroatoms. The molecule has 1 rings (SSSR count). The van der Waals surface area contributed by atoms with Gasteiger partial charge in [-0.2, -0.15) is 13.2 Å². The second-order valence-electron chi connectivity index (χ2n) is 6.54. The van der Waals surface area contributed by atoms with Crippen molar-refractivity contribution in [3.05, 3.63) is 35.4 Å². The van der Waals surface area contributed by atoms with Crippen LogP contribution >= 0.6 is 0 Å². The molecule has 2 atom stereocenters. The van der Waals surface area contributed by atoms with Gasteiger partial charge in [0.15, 0.2) is 6.10 Å². The van der Waals surface area contributed by atoms with Crippen LogP contribution in [0.4, 0.5) is 13.2 Å². The lowest BCUT2D eigenvalue weighted by Crippen LogP contribution is -2.46. The van der Waals surface area contributed by atoms with E-state index < -0.39 is 35.7 Å². The SMILES string of the molecule is CCCCCCCC[C@H](NC(=O)[C@H](O)c1ccc(C(F)(F)F)cc1)C(N)=O. The molecule has 0 fully saturated rings. The second-order valence-corrected chi connectivity index (χ2v) is 6.54. The predicted octanol–water partition coefficient (Wildman–Crippen LogP) is 3.46. The predicted molar refractivity (Wildman–Crippen MR) is 95.5 cm³/mol. The van der Waals surface area contributed by atoms with Crippen LogP contribution in [0.2, 0.25) is 0 Å². The number of aliphatic hydroxyl groups is 1. The smallest absolute Gasteiger partial charge is 0.378 e.